The summed E-state index contributed by atoms with van der Waals surface area (Å²) in [7, 11) is 0. The van der Waals surface area contributed by atoms with Gasteiger partial charge in [0, 0.05) is 0 Å². The molecule has 0 unspecified atom stereocenters. The van der Waals surface area contributed by atoms with Gasteiger partial charge in [-0.1, -0.05) is 52.4 Å². The number of nitrogens with two attached hydrogens (primary N) is 1. The molecule has 3 nitrogen and oxygen atoms in total. The van der Waals surface area contributed by atoms with E-state index in [1.54, 1.807) is 0 Å². The first kappa shape index (κ1) is 14.4. The third-order valence-electron chi connectivity index (χ3n) is 2.85. The van der Waals surface area contributed by atoms with Crippen molar-refractivity contribution in [3.8, 4) is 0 Å². The van der Waals surface area contributed by atoms with Crippen LogP contribution in [0.15, 0.2) is 0 Å². The van der Waals surface area contributed by atoms with E-state index in [0.717, 1.165) is 38.5 Å². The molecular weight excluding hydrogens is 190 g/mol. The number of carbonyl (C=O) groups excluding carboxylic acids is 1. The molecule has 90 valence electrons. The standard InChI is InChI=1S/C12H25NO2/c1-3-5-7-9-12(15,11(13)14)10-8-6-4-2/h15H,3-10H2,1-2H3,(H2,13,14). The summed E-state index contributed by atoms with van der Waals surface area (Å²) in [4.78, 5) is 11.2. The molecule has 0 rings (SSSR count). The minimum absolute atomic E-state index is 0.514. The zero-order chi connectivity index (χ0) is 11.7. The Bertz CT molecular complexity index is 170. The van der Waals surface area contributed by atoms with E-state index in [9.17, 15) is 9.90 Å². The van der Waals surface area contributed by atoms with Crippen LogP contribution in [0, 0.1) is 0 Å². The molecule has 0 heterocycles. The van der Waals surface area contributed by atoms with Crippen molar-refractivity contribution in [2.75, 3.05) is 0 Å². The number of rotatable bonds is 9. The summed E-state index contributed by atoms with van der Waals surface area (Å²) in [6.07, 6.45) is 7.05. The summed E-state index contributed by atoms with van der Waals surface area (Å²) in [6.45, 7) is 4.20. The van der Waals surface area contributed by atoms with Crippen molar-refractivity contribution in [1.29, 1.82) is 0 Å². The first-order chi connectivity index (χ1) is 7.06. The Balaban J connectivity index is 4.01. The van der Waals surface area contributed by atoms with Crippen LogP contribution in [0.3, 0.4) is 0 Å². The van der Waals surface area contributed by atoms with Crippen LogP contribution in [-0.4, -0.2) is 16.6 Å². The third-order valence-corrected chi connectivity index (χ3v) is 2.85. The lowest BCUT2D eigenvalue weighted by Gasteiger charge is -2.24. The first-order valence-electron chi connectivity index (χ1n) is 6.09. The van der Waals surface area contributed by atoms with Gasteiger partial charge in [-0.05, 0) is 12.8 Å². The molecule has 0 bridgehead atoms. The molecule has 0 fully saturated rings. The molecule has 3 N–H and O–H groups in total. The Hall–Kier alpha value is -0.570. The van der Waals surface area contributed by atoms with Crippen molar-refractivity contribution in [3.05, 3.63) is 0 Å². The molecule has 0 aliphatic rings. The number of aliphatic hydroxyl groups is 1. The van der Waals surface area contributed by atoms with Crippen LogP contribution in [0.5, 0.6) is 0 Å². The Morgan fingerprint density at radius 1 is 1.07 bits per heavy atom. The van der Waals surface area contributed by atoms with Crippen LogP contribution in [0.25, 0.3) is 0 Å². The van der Waals surface area contributed by atoms with Gasteiger partial charge in [-0.2, -0.15) is 0 Å². The van der Waals surface area contributed by atoms with E-state index in [1.807, 2.05) is 0 Å². The minimum atomic E-state index is -1.26. The van der Waals surface area contributed by atoms with E-state index in [2.05, 4.69) is 13.8 Å². The molecule has 0 aliphatic carbocycles. The molecular formula is C12H25NO2. The highest BCUT2D eigenvalue weighted by Crippen LogP contribution is 2.22. The van der Waals surface area contributed by atoms with Crippen LogP contribution in [-0.2, 0) is 4.79 Å². The molecule has 0 atom stereocenters. The van der Waals surface area contributed by atoms with Crippen LogP contribution in [0.1, 0.15) is 65.2 Å². The van der Waals surface area contributed by atoms with Crippen molar-refractivity contribution in [1.82, 2.24) is 0 Å². The topological polar surface area (TPSA) is 63.3 Å². The van der Waals surface area contributed by atoms with E-state index in [0.29, 0.717) is 12.8 Å². The SMILES string of the molecule is CCCCCC(O)(CCCCC)C(N)=O. The second-order valence-electron chi connectivity index (χ2n) is 4.31. The molecule has 0 spiro atoms. The maximum absolute atomic E-state index is 11.2. The molecule has 0 radical (unpaired) electrons. The summed E-state index contributed by atoms with van der Waals surface area (Å²) in [5, 5.41) is 10.1. The van der Waals surface area contributed by atoms with Gasteiger partial charge < -0.3 is 10.8 Å². The molecule has 0 aliphatic heterocycles. The van der Waals surface area contributed by atoms with E-state index in [1.165, 1.54) is 0 Å². The predicted molar refractivity (Wildman–Crippen MR) is 62.4 cm³/mol. The van der Waals surface area contributed by atoms with Gasteiger partial charge in [-0.25, -0.2) is 0 Å². The van der Waals surface area contributed by atoms with E-state index in [-0.39, 0.29) is 0 Å². The molecule has 3 heteroatoms. The van der Waals surface area contributed by atoms with Crippen LogP contribution >= 0.6 is 0 Å². The molecule has 0 saturated carbocycles. The maximum atomic E-state index is 11.2. The highest BCUT2D eigenvalue weighted by atomic mass is 16.3. The van der Waals surface area contributed by atoms with Gasteiger partial charge in [0.15, 0.2) is 0 Å². The van der Waals surface area contributed by atoms with Crippen molar-refractivity contribution >= 4 is 5.91 Å². The number of carbonyl (C=O) groups is 1. The number of hydrogen-bond acceptors (Lipinski definition) is 2. The number of unbranched alkanes of at least 4 members (excludes halogenated alkanes) is 4. The van der Waals surface area contributed by atoms with Crippen molar-refractivity contribution in [2.45, 2.75) is 70.8 Å². The van der Waals surface area contributed by atoms with Crippen LogP contribution in [0.4, 0.5) is 0 Å². The van der Waals surface area contributed by atoms with E-state index >= 15 is 0 Å². The summed E-state index contributed by atoms with van der Waals surface area (Å²) in [6, 6.07) is 0. The van der Waals surface area contributed by atoms with E-state index in [4.69, 9.17) is 5.73 Å². The Morgan fingerprint density at radius 2 is 1.47 bits per heavy atom. The summed E-state index contributed by atoms with van der Waals surface area (Å²) >= 11 is 0. The fourth-order valence-electron chi connectivity index (χ4n) is 1.71. The average Bonchev–Trinajstić information content (AvgIpc) is 2.18. The van der Waals surface area contributed by atoms with Gasteiger partial charge in [0.05, 0.1) is 0 Å². The van der Waals surface area contributed by atoms with Crippen LogP contribution in [0.2, 0.25) is 0 Å². The Labute approximate surface area is 93.0 Å². The summed E-state index contributed by atoms with van der Waals surface area (Å²) < 4.78 is 0. The lowest BCUT2D eigenvalue weighted by molar-refractivity contribution is -0.138. The smallest absolute Gasteiger partial charge is 0.249 e. The van der Waals surface area contributed by atoms with Gasteiger partial charge in [-0.15, -0.1) is 0 Å². The van der Waals surface area contributed by atoms with Gasteiger partial charge >= 0.3 is 0 Å². The van der Waals surface area contributed by atoms with Crippen molar-refractivity contribution in [3.63, 3.8) is 0 Å². The lowest BCUT2D eigenvalue weighted by atomic mass is 9.89. The highest BCUT2D eigenvalue weighted by Gasteiger charge is 2.32. The molecule has 15 heavy (non-hydrogen) atoms. The van der Waals surface area contributed by atoms with Gasteiger partial charge in [0.1, 0.15) is 5.60 Å². The van der Waals surface area contributed by atoms with Gasteiger partial charge in [0.2, 0.25) is 5.91 Å². The van der Waals surface area contributed by atoms with Crippen LogP contribution < -0.4 is 5.73 Å². The lowest BCUT2D eigenvalue weighted by Crippen LogP contribution is -2.43. The molecule has 0 saturated heterocycles. The third kappa shape index (κ3) is 5.78. The molecule has 0 aromatic carbocycles. The minimum Gasteiger partial charge on any atom is -0.380 e. The van der Waals surface area contributed by atoms with Crippen molar-refractivity contribution < 1.29 is 9.90 Å². The first-order valence-corrected chi connectivity index (χ1v) is 6.09. The monoisotopic (exact) mass is 215 g/mol. The zero-order valence-electron chi connectivity index (χ0n) is 10.1. The van der Waals surface area contributed by atoms with Crippen molar-refractivity contribution in [2.24, 2.45) is 5.73 Å². The Morgan fingerprint density at radius 3 is 1.73 bits per heavy atom. The summed E-state index contributed by atoms with van der Waals surface area (Å²) in [5.74, 6) is -0.560. The number of amides is 1. The largest absolute Gasteiger partial charge is 0.380 e. The second-order valence-corrected chi connectivity index (χ2v) is 4.31. The second kappa shape index (κ2) is 7.69. The predicted octanol–water partition coefficient (Wildman–Crippen LogP) is 2.36. The number of hydrogen-bond donors (Lipinski definition) is 2. The molecule has 0 aromatic rings. The quantitative estimate of drug-likeness (QED) is 0.580. The highest BCUT2D eigenvalue weighted by molar-refractivity contribution is 5.83. The fourth-order valence-corrected chi connectivity index (χ4v) is 1.71. The maximum Gasteiger partial charge on any atom is 0.249 e. The average molecular weight is 215 g/mol. The summed E-state index contributed by atoms with van der Waals surface area (Å²) in [5.41, 5.74) is 3.99. The zero-order valence-corrected chi connectivity index (χ0v) is 10.1. The van der Waals surface area contributed by atoms with E-state index < -0.39 is 11.5 Å². The normalized spacial score (nSPS) is 11.7. The van der Waals surface area contributed by atoms with Gasteiger partial charge in [-0.3, -0.25) is 4.79 Å². The number of primary amides is 1. The molecule has 1 amide bonds. The Kier molecular flexibility index (Phi) is 7.39. The van der Waals surface area contributed by atoms with Gasteiger partial charge in [0.25, 0.3) is 0 Å². The molecule has 0 aromatic heterocycles. The fraction of sp³-hybridized carbons (Fsp3) is 0.917.